The van der Waals surface area contributed by atoms with Crippen LogP contribution in [0.1, 0.15) is 133 Å². The zero-order valence-corrected chi connectivity index (χ0v) is 23.9. The van der Waals surface area contributed by atoms with E-state index < -0.39 is 5.97 Å². The van der Waals surface area contributed by atoms with Crippen molar-refractivity contribution >= 4 is 11.9 Å². The van der Waals surface area contributed by atoms with E-state index in [4.69, 9.17) is 5.11 Å². The Labute approximate surface area is 210 Å². The van der Waals surface area contributed by atoms with Crippen LogP contribution < -0.4 is 5.32 Å². The standard InChI is InChI=1S/C30H55NO3/c1-10-12-15-26(3,4)18-19-29(8,11-2)30(9)17-14-23-27(5,6)22(13-16-28(23,7)21-30)25(34)31-20-24(32)33/h22-23H,10-21H2,1-9H3,(H,31,34)(H,32,33)/t22-,23+,28-,29?,30-/m1/s1. The minimum atomic E-state index is -0.975. The monoisotopic (exact) mass is 477 g/mol. The van der Waals surface area contributed by atoms with Crippen LogP contribution in [0.2, 0.25) is 0 Å². The first-order chi connectivity index (χ1) is 15.6. The fourth-order valence-corrected chi connectivity index (χ4v) is 8.11. The molecule has 0 heterocycles. The lowest BCUT2D eigenvalue weighted by Gasteiger charge is -2.63. The van der Waals surface area contributed by atoms with Crippen molar-refractivity contribution in [2.45, 2.75) is 133 Å². The molecule has 0 aliphatic heterocycles. The predicted molar refractivity (Wildman–Crippen MR) is 142 cm³/mol. The Bertz CT molecular complexity index is 729. The number of carbonyl (C=O) groups excluding carboxylic acids is 1. The van der Waals surface area contributed by atoms with Crippen LogP contribution in [-0.2, 0) is 9.59 Å². The van der Waals surface area contributed by atoms with Crippen LogP contribution in [0.4, 0.5) is 0 Å². The summed E-state index contributed by atoms with van der Waals surface area (Å²) in [5, 5.41) is 11.7. The molecule has 2 N–H and O–H groups in total. The molecule has 2 rings (SSSR count). The molecule has 198 valence electrons. The number of carboxylic acids is 1. The quantitative estimate of drug-likeness (QED) is 0.318. The second-order valence-corrected chi connectivity index (χ2v) is 14.2. The molecule has 0 aromatic carbocycles. The van der Waals surface area contributed by atoms with Crippen LogP contribution in [0.5, 0.6) is 0 Å². The Kier molecular flexibility index (Phi) is 9.02. The molecule has 2 saturated carbocycles. The van der Waals surface area contributed by atoms with E-state index in [0.717, 1.165) is 19.3 Å². The molecule has 0 radical (unpaired) electrons. The summed E-state index contributed by atoms with van der Waals surface area (Å²) in [4.78, 5) is 23.9. The number of unbranched alkanes of at least 4 members (excludes halogenated alkanes) is 1. The SMILES string of the molecule is CCCCC(C)(C)CCC(C)(CC)[C@]1(C)CC[C@H]2C(C)(C)[C@@H](C(=O)NCC(=O)O)CC[C@]2(C)C1. The molecule has 0 bridgehead atoms. The number of rotatable bonds is 11. The van der Waals surface area contributed by atoms with Gasteiger partial charge in [-0.1, -0.05) is 81.6 Å². The zero-order chi connectivity index (χ0) is 26.0. The predicted octanol–water partition coefficient (Wildman–Crippen LogP) is 7.85. The molecule has 0 saturated heterocycles. The average Bonchev–Trinajstić information content (AvgIpc) is 2.73. The third-order valence-corrected chi connectivity index (χ3v) is 10.9. The van der Waals surface area contributed by atoms with Crippen LogP contribution in [0, 0.1) is 38.9 Å². The Morgan fingerprint density at radius 2 is 1.62 bits per heavy atom. The largest absolute Gasteiger partial charge is 0.480 e. The van der Waals surface area contributed by atoms with Crippen LogP contribution in [-0.4, -0.2) is 23.5 Å². The van der Waals surface area contributed by atoms with E-state index >= 15 is 0 Å². The molecule has 0 aromatic heterocycles. The topological polar surface area (TPSA) is 66.4 Å². The minimum Gasteiger partial charge on any atom is -0.480 e. The molecule has 5 atom stereocenters. The van der Waals surface area contributed by atoms with Gasteiger partial charge in [0.15, 0.2) is 0 Å². The van der Waals surface area contributed by atoms with Gasteiger partial charge in [0.1, 0.15) is 6.54 Å². The van der Waals surface area contributed by atoms with Gasteiger partial charge >= 0.3 is 5.97 Å². The van der Waals surface area contributed by atoms with Crippen LogP contribution in [0.25, 0.3) is 0 Å². The number of aliphatic carboxylic acids is 1. The van der Waals surface area contributed by atoms with Crippen molar-refractivity contribution in [2.24, 2.45) is 38.9 Å². The fraction of sp³-hybridized carbons (Fsp3) is 0.933. The first kappa shape index (κ1) is 29.2. The highest BCUT2D eigenvalue weighted by atomic mass is 16.4. The summed E-state index contributed by atoms with van der Waals surface area (Å²) in [5.41, 5.74) is 1.15. The molecular formula is C30H55NO3. The highest BCUT2D eigenvalue weighted by Gasteiger charge is 2.59. The summed E-state index contributed by atoms with van der Waals surface area (Å²) < 4.78 is 0. The van der Waals surface area contributed by atoms with Gasteiger partial charge in [-0.15, -0.1) is 0 Å². The number of carboxylic acid groups (broad SMARTS) is 1. The number of amides is 1. The van der Waals surface area contributed by atoms with Gasteiger partial charge in [-0.3, -0.25) is 9.59 Å². The van der Waals surface area contributed by atoms with Crippen LogP contribution >= 0.6 is 0 Å². The summed E-state index contributed by atoms with van der Waals surface area (Å²) in [6.07, 6.45) is 13.3. The maximum Gasteiger partial charge on any atom is 0.322 e. The van der Waals surface area contributed by atoms with Crippen LogP contribution in [0.15, 0.2) is 0 Å². The lowest BCUT2D eigenvalue weighted by Crippen LogP contribution is -2.57. The second kappa shape index (κ2) is 10.5. The van der Waals surface area contributed by atoms with E-state index in [1.165, 1.54) is 51.4 Å². The maximum atomic E-state index is 12.9. The molecule has 1 unspecified atom stereocenters. The molecule has 2 aliphatic carbocycles. The van der Waals surface area contributed by atoms with Gasteiger partial charge in [0.05, 0.1) is 0 Å². The lowest BCUT2D eigenvalue weighted by atomic mass is 9.41. The number of nitrogens with one attached hydrogen (secondary N) is 1. The first-order valence-electron chi connectivity index (χ1n) is 14.1. The summed E-state index contributed by atoms with van der Waals surface area (Å²) in [6.45, 7) is 21.5. The van der Waals surface area contributed by atoms with Gasteiger partial charge in [0.25, 0.3) is 0 Å². The van der Waals surface area contributed by atoms with Crippen molar-refractivity contribution < 1.29 is 14.7 Å². The summed E-state index contributed by atoms with van der Waals surface area (Å²) in [5.74, 6) is -0.664. The fourth-order valence-electron chi connectivity index (χ4n) is 8.11. The molecule has 4 heteroatoms. The number of fused-ring (bicyclic) bond motifs is 1. The molecular weight excluding hydrogens is 422 g/mol. The third kappa shape index (κ3) is 6.01. The average molecular weight is 478 g/mol. The zero-order valence-electron chi connectivity index (χ0n) is 23.9. The van der Waals surface area contributed by atoms with Crippen LogP contribution in [0.3, 0.4) is 0 Å². The maximum absolute atomic E-state index is 12.9. The van der Waals surface area contributed by atoms with Gasteiger partial charge in [-0.25, -0.2) is 0 Å². The summed E-state index contributed by atoms with van der Waals surface area (Å²) >= 11 is 0. The van der Waals surface area contributed by atoms with E-state index in [-0.39, 0.29) is 29.2 Å². The van der Waals surface area contributed by atoms with Gasteiger partial charge in [-0.2, -0.15) is 0 Å². The van der Waals surface area contributed by atoms with Crippen molar-refractivity contribution in [3.8, 4) is 0 Å². The molecule has 2 aliphatic rings. The highest BCUT2D eigenvalue weighted by Crippen LogP contribution is 2.67. The molecule has 0 spiro atoms. The van der Waals surface area contributed by atoms with Crippen molar-refractivity contribution in [3.05, 3.63) is 0 Å². The Hall–Kier alpha value is -1.06. The van der Waals surface area contributed by atoms with Crippen molar-refractivity contribution in [3.63, 3.8) is 0 Å². The van der Waals surface area contributed by atoms with Crippen molar-refractivity contribution in [1.29, 1.82) is 0 Å². The molecule has 34 heavy (non-hydrogen) atoms. The lowest BCUT2D eigenvalue weighted by molar-refractivity contribution is -0.157. The molecule has 2 fully saturated rings. The first-order valence-corrected chi connectivity index (χ1v) is 14.1. The minimum absolute atomic E-state index is 0.0736. The molecule has 0 aromatic rings. The number of carbonyl (C=O) groups is 2. The van der Waals surface area contributed by atoms with Crippen molar-refractivity contribution in [2.75, 3.05) is 6.54 Å². The molecule has 4 nitrogen and oxygen atoms in total. The molecule has 1 amide bonds. The normalized spacial score (nSPS) is 33.0. The van der Waals surface area contributed by atoms with Gasteiger partial charge in [-0.05, 0) is 84.4 Å². The Balaban J connectivity index is 2.19. The Morgan fingerprint density at radius 1 is 0.971 bits per heavy atom. The highest BCUT2D eigenvalue weighted by molar-refractivity contribution is 5.83. The number of hydrogen-bond acceptors (Lipinski definition) is 2. The third-order valence-electron chi connectivity index (χ3n) is 10.9. The van der Waals surface area contributed by atoms with Crippen molar-refractivity contribution in [1.82, 2.24) is 5.32 Å². The van der Waals surface area contributed by atoms with Gasteiger partial charge < -0.3 is 10.4 Å². The summed E-state index contributed by atoms with van der Waals surface area (Å²) in [6, 6.07) is 0. The van der Waals surface area contributed by atoms with E-state index in [1.807, 2.05) is 0 Å². The van der Waals surface area contributed by atoms with E-state index in [0.29, 0.717) is 22.2 Å². The smallest absolute Gasteiger partial charge is 0.322 e. The second-order valence-electron chi connectivity index (χ2n) is 14.2. The van der Waals surface area contributed by atoms with Gasteiger partial charge in [0.2, 0.25) is 5.91 Å². The van der Waals surface area contributed by atoms with E-state index in [1.54, 1.807) is 0 Å². The number of hydrogen-bond donors (Lipinski definition) is 2. The van der Waals surface area contributed by atoms with Gasteiger partial charge in [0, 0.05) is 5.92 Å². The van der Waals surface area contributed by atoms with E-state index in [9.17, 15) is 9.59 Å². The Morgan fingerprint density at radius 3 is 2.18 bits per heavy atom. The summed E-state index contributed by atoms with van der Waals surface area (Å²) in [7, 11) is 0. The van der Waals surface area contributed by atoms with E-state index in [2.05, 4.69) is 67.6 Å².